The fraction of sp³-hybridized carbons (Fsp3) is 0.500. The van der Waals surface area contributed by atoms with Crippen molar-refractivity contribution in [3.63, 3.8) is 0 Å². The molecule has 2 aromatic rings. The average Bonchev–Trinajstić information content (AvgIpc) is 3.12. The van der Waals surface area contributed by atoms with Crippen molar-refractivity contribution in [1.29, 1.82) is 0 Å². The third kappa shape index (κ3) is 4.96. The lowest BCUT2D eigenvalue weighted by Crippen LogP contribution is -2.49. The summed E-state index contributed by atoms with van der Waals surface area (Å²) in [5, 5.41) is 1.08. The minimum Gasteiger partial charge on any atom is -0.340 e. The Morgan fingerprint density at radius 1 is 0.971 bits per heavy atom. The van der Waals surface area contributed by atoms with E-state index in [1.54, 1.807) is 0 Å². The van der Waals surface area contributed by atoms with E-state index < -0.39 is 0 Å². The van der Waals surface area contributed by atoms with Gasteiger partial charge in [-0.15, -0.1) is 0 Å². The summed E-state index contributed by atoms with van der Waals surface area (Å²) in [4.78, 5) is 31.9. The van der Waals surface area contributed by atoms with E-state index in [0.717, 1.165) is 75.0 Å². The second-order valence-electron chi connectivity index (χ2n) is 10.1. The number of likely N-dealkylation sites (tertiary alicyclic amines) is 2. The summed E-state index contributed by atoms with van der Waals surface area (Å²) >= 11 is 12.7. The van der Waals surface area contributed by atoms with Crippen LogP contribution in [0.2, 0.25) is 10.0 Å². The summed E-state index contributed by atoms with van der Waals surface area (Å²) in [6.45, 7) is 3.85. The molecule has 5 nitrogen and oxygen atoms in total. The largest absolute Gasteiger partial charge is 0.340 e. The number of halogens is 2. The molecule has 35 heavy (non-hydrogen) atoms. The molecule has 3 aliphatic heterocycles. The second kappa shape index (κ2) is 10.5. The fourth-order valence-electron chi connectivity index (χ4n) is 6.20. The van der Waals surface area contributed by atoms with E-state index in [4.69, 9.17) is 23.2 Å². The van der Waals surface area contributed by atoms with Gasteiger partial charge in [-0.3, -0.25) is 9.59 Å². The van der Waals surface area contributed by atoms with Gasteiger partial charge in [0.2, 0.25) is 5.91 Å². The van der Waals surface area contributed by atoms with E-state index >= 15 is 0 Å². The summed E-state index contributed by atoms with van der Waals surface area (Å²) in [6.07, 6.45) is 5.85. The Morgan fingerprint density at radius 2 is 1.74 bits per heavy atom. The molecule has 5 rings (SSSR count). The first-order valence-electron chi connectivity index (χ1n) is 12.8. The van der Waals surface area contributed by atoms with Gasteiger partial charge >= 0.3 is 0 Å². The molecule has 2 atom stereocenters. The molecular formula is C28H33Cl2N3O2. The van der Waals surface area contributed by atoms with Crippen molar-refractivity contribution >= 4 is 35.0 Å². The number of nitrogens with zero attached hydrogens (tertiary/aromatic N) is 3. The third-order valence-electron chi connectivity index (χ3n) is 8.11. The Morgan fingerprint density at radius 3 is 2.49 bits per heavy atom. The second-order valence-corrected chi connectivity index (χ2v) is 10.9. The Labute approximate surface area is 218 Å². The van der Waals surface area contributed by atoms with Crippen LogP contribution < -0.4 is 0 Å². The minimum absolute atomic E-state index is 0.0422. The van der Waals surface area contributed by atoms with Gasteiger partial charge in [0.15, 0.2) is 0 Å². The number of likely N-dealkylation sites (N-methyl/N-ethyl adjacent to an activating group) is 1. The van der Waals surface area contributed by atoms with Crippen LogP contribution in [0.5, 0.6) is 0 Å². The van der Waals surface area contributed by atoms with Crippen LogP contribution in [0.25, 0.3) is 0 Å². The Kier molecular flexibility index (Phi) is 7.38. The molecule has 2 amide bonds. The molecule has 186 valence electrons. The van der Waals surface area contributed by atoms with Crippen LogP contribution in [0, 0.1) is 0 Å². The van der Waals surface area contributed by atoms with Crippen molar-refractivity contribution in [3.8, 4) is 0 Å². The maximum absolute atomic E-state index is 13.0. The van der Waals surface area contributed by atoms with E-state index in [-0.39, 0.29) is 17.9 Å². The molecule has 3 aliphatic rings. The molecule has 0 radical (unpaired) electrons. The molecule has 3 heterocycles. The molecule has 0 unspecified atom stereocenters. The minimum atomic E-state index is -0.0422. The SMILES string of the molecule is CN1C(=O)c2ccccc2[C@H]1[C@@H](CCN1CCC(N2CCCCC2=O)CC1)c1ccc(Cl)c(Cl)c1. The number of piperidine rings is 2. The Bertz CT molecular complexity index is 1100. The van der Waals surface area contributed by atoms with Gasteiger partial charge in [-0.05, 0) is 68.0 Å². The summed E-state index contributed by atoms with van der Waals surface area (Å²) in [5.41, 5.74) is 2.98. The van der Waals surface area contributed by atoms with E-state index in [9.17, 15) is 9.59 Å². The van der Waals surface area contributed by atoms with Crippen molar-refractivity contribution in [2.75, 3.05) is 33.2 Å². The zero-order valence-electron chi connectivity index (χ0n) is 20.3. The smallest absolute Gasteiger partial charge is 0.254 e. The van der Waals surface area contributed by atoms with Crippen molar-refractivity contribution in [3.05, 3.63) is 69.2 Å². The first-order chi connectivity index (χ1) is 16.9. The summed E-state index contributed by atoms with van der Waals surface area (Å²) in [7, 11) is 1.90. The van der Waals surface area contributed by atoms with Gasteiger partial charge in [0, 0.05) is 50.6 Å². The fourth-order valence-corrected chi connectivity index (χ4v) is 6.51. The lowest BCUT2D eigenvalue weighted by Gasteiger charge is -2.41. The third-order valence-corrected chi connectivity index (χ3v) is 8.85. The number of carbonyl (C=O) groups excluding carboxylic acids is 2. The van der Waals surface area contributed by atoms with Crippen molar-refractivity contribution in [1.82, 2.24) is 14.7 Å². The van der Waals surface area contributed by atoms with Crippen LogP contribution in [0.3, 0.4) is 0 Å². The predicted octanol–water partition coefficient (Wildman–Crippen LogP) is 5.77. The van der Waals surface area contributed by atoms with Gasteiger partial charge in [0.05, 0.1) is 16.1 Å². The number of hydrogen-bond donors (Lipinski definition) is 0. The standard InChI is InChI=1S/C28H33Cl2N3O2/c1-31-27(22-6-2-3-7-23(22)28(31)35)21(19-9-10-24(29)25(30)18-19)13-17-32-15-11-20(12-16-32)33-14-5-4-8-26(33)34/h2-3,6-7,9-10,18,20-21,27H,4-5,8,11-17H2,1H3/t21-,27+/m0/s1. The Balaban J connectivity index is 1.32. The van der Waals surface area contributed by atoms with E-state index in [1.807, 2.05) is 48.3 Å². The highest BCUT2D eigenvalue weighted by atomic mass is 35.5. The summed E-state index contributed by atoms with van der Waals surface area (Å²) in [5.74, 6) is 0.508. The molecule has 0 bridgehead atoms. The zero-order valence-corrected chi connectivity index (χ0v) is 21.8. The topological polar surface area (TPSA) is 43.9 Å². The molecular weight excluding hydrogens is 481 g/mol. The molecule has 0 aliphatic carbocycles. The van der Waals surface area contributed by atoms with Gasteiger partial charge in [-0.25, -0.2) is 0 Å². The molecule has 0 aromatic heterocycles. The van der Waals surface area contributed by atoms with Gasteiger partial charge in [0.1, 0.15) is 0 Å². The van der Waals surface area contributed by atoms with Crippen molar-refractivity contribution in [2.24, 2.45) is 0 Å². The Hall–Kier alpha value is -2.08. The zero-order chi connectivity index (χ0) is 24.5. The lowest BCUT2D eigenvalue weighted by molar-refractivity contribution is -0.136. The van der Waals surface area contributed by atoms with Crippen LogP contribution >= 0.6 is 23.2 Å². The number of rotatable bonds is 6. The molecule has 2 saturated heterocycles. The van der Waals surface area contributed by atoms with Crippen LogP contribution in [0.4, 0.5) is 0 Å². The number of carbonyl (C=O) groups is 2. The van der Waals surface area contributed by atoms with Crippen LogP contribution in [-0.4, -0.2) is 65.8 Å². The molecule has 0 spiro atoms. The van der Waals surface area contributed by atoms with E-state index in [2.05, 4.69) is 15.9 Å². The molecule has 7 heteroatoms. The number of fused-ring (bicyclic) bond motifs is 1. The number of hydrogen-bond acceptors (Lipinski definition) is 3. The normalized spacial score (nSPS) is 22.5. The molecule has 2 fully saturated rings. The summed E-state index contributed by atoms with van der Waals surface area (Å²) in [6, 6.07) is 14.1. The first-order valence-corrected chi connectivity index (χ1v) is 13.5. The van der Waals surface area contributed by atoms with Crippen LogP contribution in [0.15, 0.2) is 42.5 Å². The highest BCUT2D eigenvalue weighted by Crippen LogP contribution is 2.45. The molecule has 2 aromatic carbocycles. The highest BCUT2D eigenvalue weighted by Gasteiger charge is 2.40. The van der Waals surface area contributed by atoms with Gasteiger partial charge in [-0.1, -0.05) is 47.5 Å². The van der Waals surface area contributed by atoms with Crippen molar-refractivity contribution < 1.29 is 9.59 Å². The highest BCUT2D eigenvalue weighted by molar-refractivity contribution is 6.42. The van der Waals surface area contributed by atoms with E-state index in [0.29, 0.717) is 28.4 Å². The predicted molar refractivity (Wildman–Crippen MR) is 140 cm³/mol. The number of amides is 2. The average molecular weight is 514 g/mol. The lowest BCUT2D eigenvalue weighted by atomic mass is 9.84. The molecule has 0 saturated carbocycles. The van der Waals surface area contributed by atoms with Crippen LogP contribution in [0.1, 0.15) is 72.0 Å². The van der Waals surface area contributed by atoms with Gasteiger partial charge in [-0.2, -0.15) is 0 Å². The van der Waals surface area contributed by atoms with Crippen molar-refractivity contribution in [2.45, 2.75) is 56.5 Å². The van der Waals surface area contributed by atoms with Gasteiger partial charge < -0.3 is 14.7 Å². The van der Waals surface area contributed by atoms with Gasteiger partial charge in [0.25, 0.3) is 5.91 Å². The molecule has 0 N–H and O–H groups in total. The van der Waals surface area contributed by atoms with Crippen LogP contribution in [-0.2, 0) is 4.79 Å². The quantitative estimate of drug-likeness (QED) is 0.492. The maximum Gasteiger partial charge on any atom is 0.254 e. The first kappa shape index (κ1) is 24.6. The van der Waals surface area contributed by atoms with E-state index in [1.165, 1.54) is 0 Å². The summed E-state index contributed by atoms with van der Waals surface area (Å²) < 4.78 is 0. The maximum atomic E-state index is 13.0. The monoisotopic (exact) mass is 513 g/mol. The number of benzene rings is 2.